The Bertz CT molecular complexity index is 1360. The zero-order valence-electron chi connectivity index (χ0n) is 22.3. The highest BCUT2D eigenvalue weighted by atomic mass is 35.5. The lowest BCUT2D eigenvalue weighted by atomic mass is 9.98. The number of hydrogen-bond donors (Lipinski definition) is 1. The first-order valence-electron chi connectivity index (χ1n) is 13.4. The Hall–Kier alpha value is -3.08. The minimum atomic E-state index is -0.0738. The van der Waals surface area contributed by atoms with Crippen LogP contribution in [0.4, 0.5) is 5.69 Å². The van der Waals surface area contributed by atoms with Crippen molar-refractivity contribution in [1.29, 1.82) is 0 Å². The maximum atomic E-state index is 13.0. The molecule has 3 aromatic rings. The van der Waals surface area contributed by atoms with E-state index < -0.39 is 0 Å². The average Bonchev–Trinajstić information content (AvgIpc) is 3.26. The van der Waals surface area contributed by atoms with Crippen LogP contribution in [0, 0.1) is 0 Å². The van der Waals surface area contributed by atoms with E-state index in [1.165, 1.54) is 16.0 Å². The summed E-state index contributed by atoms with van der Waals surface area (Å²) in [6.45, 7) is 6.71. The number of aliphatic imine (C=N–C) groups is 1. The topological polar surface area (TPSA) is 41.5 Å². The lowest BCUT2D eigenvalue weighted by Crippen LogP contribution is -2.27. The number of hydrogen-bond acceptors (Lipinski definition) is 3. The summed E-state index contributed by atoms with van der Waals surface area (Å²) in [4.78, 5) is 20.4. The first-order valence-corrected chi connectivity index (χ1v) is 14.6. The van der Waals surface area contributed by atoms with Crippen molar-refractivity contribution in [2.75, 3.05) is 6.54 Å². The van der Waals surface area contributed by atoms with Gasteiger partial charge in [0.2, 0.25) is 0 Å². The van der Waals surface area contributed by atoms with Gasteiger partial charge in [-0.2, -0.15) is 0 Å². The molecular formula is C33H35ClN2OS. The molecule has 5 rings (SSSR count). The number of fused-ring (bicyclic) bond motifs is 2. The van der Waals surface area contributed by atoms with E-state index in [4.69, 9.17) is 16.6 Å². The molecule has 38 heavy (non-hydrogen) atoms. The molecule has 0 bridgehead atoms. The number of halogens is 1. The fourth-order valence-electron chi connectivity index (χ4n) is 4.55. The molecular weight excluding hydrogens is 508 g/mol. The van der Waals surface area contributed by atoms with Gasteiger partial charge in [0.05, 0.1) is 11.4 Å². The van der Waals surface area contributed by atoms with E-state index >= 15 is 0 Å². The number of carbonyl (C=O) groups excluding carboxylic acids is 1. The molecule has 0 aromatic heterocycles. The van der Waals surface area contributed by atoms with E-state index in [9.17, 15) is 4.79 Å². The lowest BCUT2D eigenvalue weighted by Gasteiger charge is -2.13. The molecule has 1 aliphatic heterocycles. The van der Waals surface area contributed by atoms with Gasteiger partial charge in [-0.25, -0.2) is 0 Å². The number of allylic oxidation sites excluding steroid dienone is 4. The van der Waals surface area contributed by atoms with Crippen molar-refractivity contribution in [3.63, 3.8) is 0 Å². The quantitative estimate of drug-likeness (QED) is 0.337. The van der Waals surface area contributed by atoms with Gasteiger partial charge in [0.15, 0.2) is 0 Å². The minimum absolute atomic E-state index is 0.0738. The molecule has 1 unspecified atom stereocenters. The van der Waals surface area contributed by atoms with Gasteiger partial charge < -0.3 is 5.32 Å². The van der Waals surface area contributed by atoms with Gasteiger partial charge in [0.1, 0.15) is 0 Å². The number of nitrogens with one attached hydrogen (secondary N) is 1. The van der Waals surface area contributed by atoms with E-state index in [2.05, 4.69) is 54.7 Å². The van der Waals surface area contributed by atoms with Gasteiger partial charge in [-0.3, -0.25) is 9.79 Å². The normalized spacial score (nSPS) is 15.1. The second kappa shape index (κ2) is 13.6. The van der Waals surface area contributed by atoms with Gasteiger partial charge in [-0.1, -0.05) is 104 Å². The summed E-state index contributed by atoms with van der Waals surface area (Å²) in [7, 11) is 0. The highest BCUT2D eigenvalue weighted by Gasteiger charge is 2.20. The number of benzene rings is 3. The summed E-state index contributed by atoms with van der Waals surface area (Å²) in [5, 5.41) is 4.01. The van der Waals surface area contributed by atoms with Crippen LogP contribution in [0.1, 0.15) is 73.9 Å². The van der Waals surface area contributed by atoms with Crippen LogP contribution in [0.3, 0.4) is 0 Å². The molecule has 1 amide bonds. The molecule has 3 aromatic carbocycles. The predicted octanol–water partition coefficient (Wildman–Crippen LogP) is 9.45. The third-order valence-corrected chi connectivity index (χ3v) is 8.10. The Balaban J connectivity index is 0.00000164. The molecule has 0 saturated carbocycles. The molecule has 0 spiro atoms. The molecule has 1 N–H and O–H groups in total. The van der Waals surface area contributed by atoms with Gasteiger partial charge >= 0.3 is 0 Å². The summed E-state index contributed by atoms with van der Waals surface area (Å²) in [6, 6.07) is 24.5. The predicted molar refractivity (Wildman–Crippen MR) is 162 cm³/mol. The molecule has 196 valence electrons. The van der Waals surface area contributed by atoms with E-state index in [0.29, 0.717) is 12.1 Å². The fraction of sp³-hybridized carbons (Fsp3) is 0.273. The Morgan fingerprint density at radius 1 is 0.974 bits per heavy atom. The smallest absolute Gasteiger partial charge is 0.251 e. The van der Waals surface area contributed by atoms with Crippen molar-refractivity contribution < 1.29 is 4.79 Å². The summed E-state index contributed by atoms with van der Waals surface area (Å²) in [6.07, 6.45) is 7.92. The van der Waals surface area contributed by atoms with Crippen molar-refractivity contribution >= 4 is 40.7 Å². The first kappa shape index (κ1) is 27.9. The van der Waals surface area contributed by atoms with Gasteiger partial charge in [-0.05, 0) is 61.1 Å². The lowest BCUT2D eigenvalue weighted by molar-refractivity contribution is 0.0951. The molecule has 1 atom stereocenters. The summed E-state index contributed by atoms with van der Waals surface area (Å²) in [5.74, 6) is 0.163. The Labute approximate surface area is 236 Å². The molecule has 0 fully saturated rings. The van der Waals surface area contributed by atoms with Gasteiger partial charge in [-0.15, -0.1) is 0 Å². The number of rotatable bonds is 6. The Morgan fingerprint density at radius 2 is 1.74 bits per heavy atom. The zero-order chi connectivity index (χ0) is 26.9. The van der Waals surface area contributed by atoms with Crippen LogP contribution < -0.4 is 5.32 Å². The maximum absolute atomic E-state index is 13.0. The van der Waals surface area contributed by atoms with Crippen molar-refractivity contribution in [3.05, 3.63) is 112 Å². The molecule has 0 radical (unpaired) electrons. The highest BCUT2D eigenvalue weighted by Crippen LogP contribution is 2.41. The molecule has 0 saturated heterocycles. The van der Waals surface area contributed by atoms with Crippen LogP contribution in [0.15, 0.2) is 110 Å². The van der Waals surface area contributed by atoms with Crippen molar-refractivity contribution in [1.82, 2.24) is 5.32 Å². The SMILES string of the molecule is CC.CC(CNC(=O)c1ccc2c(c1)N=C(CC1=CC=C(Cl)CCC1)c1ccccc1S2)c1ccccc1. The largest absolute Gasteiger partial charge is 0.351 e. The molecule has 1 aliphatic carbocycles. The third kappa shape index (κ3) is 7.06. The molecule has 5 heteroatoms. The van der Waals surface area contributed by atoms with Crippen LogP contribution in [0.25, 0.3) is 0 Å². The molecule has 3 nitrogen and oxygen atoms in total. The van der Waals surface area contributed by atoms with Crippen LogP contribution in [-0.4, -0.2) is 18.2 Å². The number of amides is 1. The van der Waals surface area contributed by atoms with E-state index in [1.807, 2.05) is 56.3 Å². The van der Waals surface area contributed by atoms with Crippen LogP contribution in [0.2, 0.25) is 0 Å². The van der Waals surface area contributed by atoms with E-state index in [-0.39, 0.29) is 11.8 Å². The van der Waals surface area contributed by atoms with Crippen LogP contribution in [-0.2, 0) is 0 Å². The van der Waals surface area contributed by atoms with Gasteiger partial charge in [0, 0.05) is 38.9 Å². The second-order valence-electron chi connectivity index (χ2n) is 9.33. The summed E-state index contributed by atoms with van der Waals surface area (Å²) in [5.41, 5.74) is 6.21. The second-order valence-corrected chi connectivity index (χ2v) is 10.9. The summed E-state index contributed by atoms with van der Waals surface area (Å²) < 4.78 is 0. The Kier molecular flexibility index (Phi) is 10.0. The molecule has 2 aliphatic rings. The van der Waals surface area contributed by atoms with Crippen molar-refractivity contribution in [3.8, 4) is 0 Å². The molecule has 1 heterocycles. The number of carbonyl (C=O) groups is 1. The maximum Gasteiger partial charge on any atom is 0.251 e. The monoisotopic (exact) mass is 542 g/mol. The average molecular weight is 543 g/mol. The summed E-state index contributed by atoms with van der Waals surface area (Å²) >= 11 is 7.99. The van der Waals surface area contributed by atoms with E-state index in [0.717, 1.165) is 52.6 Å². The first-order chi connectivity index (χ1) is 18.6. The van der Waals surface area contributed by atoms with Crippen molar-refractivity contribution in [2.24, 2.45) is 4.99 Å². The fourth-order valence-corrected chi connectivity index (χ4v) is 5.78. The van der Waals surface area contributed by atoms with E-state index in [1.54, 1.807) is 11.8 Å². The Morgan fingerprint density at radius 3 is 2.55 bits per heavy atom. The standard InChI is InChI=1S/C31H29ClN2OS.C2H6/c1-21(23-9-3-2-4-10-23)20-33-31(35)24-15-17-30-28(19-24)34-27(26-12-5-6-13-29(26)36-30)18-22-8-7-11-25(32)16-14-22;1-2/h2-6,9-10,12-17,19,21H,7-8,11,18,20H2,1H3,(H,33,35);1-2H3. The number of nitrogens with zero attached hydrogens (tertiary/aromatic N) is 1. The van der Waals surface area contributed by atoms with Gasteiger partial charge in [0.25, 0.3) is 5.91 Å². The zero-order valence-corrected chi connectivity index (χ0v) is 23.9. The van der Waals surface area contributed by atoms with Crippen molar-refractivity contribution in [2.45, 2.75) is 62.2 Å². The van der Waals surface area contributed by atoms with Crippen LogP contribution >= 0.6 is 23.4 Å². The highest BCUT2D eigenvalue weighted by molar-refractivity contribution is 7.99. The third-order valence-electron chi connectivity index (χ3n) is 6.64. The van der Waals surface area contributed by atoms with Crippen LogP contribution in [0.5, 0.6) is 0 Å². The minimum Gasteiger partial charge on any atom is -0.351 e.